The predicted molar refractivity (Wildman–Crippen MR) is 121 cm³/mol. The van der Waals surface area contributed by atoms with Crippen molar-refractivity contribution in [3.05, 3.63) is 34.3 Å². The Morgan fingerprint density at radius 1 is 0.765 bits per heavy atom. The van der Waals surface area contributed by atoms with Gasteiger partial charge in [-0.25, -0.2) is 9.48 Å². The highest BCUT2D eigenvalue weighted by molar-refractivity contribution is 5.98. The van der Waals surface area contributed by atoms with Gasteiger partial charge in [-0.15, -0.1) is 0 Å². The topological polar surface area (TPSA) is 125 Å². The normalized spacial score (nSPS) is 22.2. The van der Waals surface area contributed by atoms with Crippen molar-refractivity contribution in [3.8, 4) is 23.7 Å². The predicted octanol–water partition coefficient (Wildman–Crippen LogP) is 2.98. The summed E-state index contributed by atoms with van der Waals surface area (Å²) in [6.45, 7) is 13.4. The van der Waals surface area contributed by atoms with E-state index in [1.807, 2.05) is 0 Å². The Morgan fingerprint density at radius 2 is 1.21 bits per heavy atom. The van der Waals surface area contributed by atoms with Gasteiger partial charge in [0.1, 0.15) is 11.1 Å². The van der Waals surface area contributed by atoms with Crippen LogP contribution in [0.2, 0.25) is 0 Å². The van der Waals surface area contributed by atoms with E-state index in [9.17, 15) is 20.8 Å². The fourth-order valence-electron chi connectivity index (χ4n) is 3.69. The van der Waals surface area contributed by atoms with E-state index in [1.54, 1.807) is 61.5 Å². The highest BCUT2D eigenvalue weighted by Gasteiger charge is 2.60. The average molecular weight is 466 g/mol. The largest absolute Gasteiger partial charge is 0.714 e. The quantitative estimate of drug-likeness (QED) is 0.334. The molecule has 2 aromatic rings. The highest BCUT2D eigenvalue weighted by Crippen LogP contribution is 2.37. The van der Waals surface area contributed by atoms with Crippen molar-refractivity contribution < 1.29 is 28.7 Å². The van der Waals surface area contributed by atoms with Gasteiger partial charge >= 0.3 is 11.7 Å². The van der Waals surface area contributed by atoms with Crippen molar-refractivity contribution in [3.63, 3.8) is 0 Å². The summed E-state index contributed by atoms with van der Waals surface area (Å²) in [4.78, 5) is 0. The van der Waals surface area contributed by atoms with E-state index in [-0.39, 0.29) is 28.8 Å². The summed E-state index contributed by atoms with van der Waals surface area (Å²) in [5.41, 5.74) is -3.69. The fourth-order valence-corrected chi connectivity index (χ4v) is 3.69. The van der Waals surface area contributed by atoms with Crippen LogP contribution in [-0.4, -0.2) is 53.4 Å². The first-order chi connectivity index (χ1) is 15.6. The number of hydrogen-bond donors (Lipinski definition) is 0. The van der Waals surface area contributed by atoms with Crippen LogP contribution < -0.4 is 0 Å². The number of fused-ring (bicyclic) bond motifs is 1. The summed E-state index contributed by atoms with van der Waals surface area (Å²) in [6, 6.07) is 1.61. The maximum absolute atomic E-state index is 12.7. The summed E-state index contributed by atoms with van der Waals surface area (Å²) in [7, 11) is 0. The molecular weight excluding hydrogens is 440 g/mol. The molecule has 10 nitrogen and oxygen atoms in total. The van der Waals surface area contributed by atoms with E-state index in [2.05, 4.69) is 23.7 Å². The molecule has 0 N–H and O–H groups in total. The molecule has 0 amide bonds. The fraction of sp³-hybridized carbons (Fsp3) is 0.500. The third-order valence-electron chi connectivity index (χ3n) is 7.69. The Bertz CT molecular complexity index is 1280. The van der Waals surface area contributed by atoms with Gasteiger partial charge in [-0.05, 0) is 73.3 Å². The van der Waals surface area contributed by atoms with Crippen LogP contribution in [-0.2, 0) is 10.4 Å². The molecule has 0 fully saturated rings. The summed E-state index contributed by atoms with van der Waals surface area (Å²) >= 11 is 0. The zero-order valence-electron chi connectivity index (χ0n) is 20.4. The van der Waals surface area contributed by atoms with Crippen molar-refractivity contribution in [1.29, 1.82) is 0 Å². The van der Waals surface area contributed by atoms with Gasteiger partial charge in [-0.3, -0.25) is 0 Å². The molecule has 0 saturated heterocycles. The van der Waals surface area contributed by atoms with Gasteiger partial charge in [0.25, 0.3) is 0 Å². The third kappa shape index (κ3) is 2.86. The van der Waals surface area contributed by atoms with E-state index in [0.29, 0.717) is 25.0 Å². The molecule has 4 heterocycles. The number of nitrogens with zero attached hydrogens (tertiary/aromatic N) is 4. The van der Waals surface area contributed by atoms with Crippen LogP contribution in [0, 0.1) is 34.1 Å². The molecule has 0 unspecified atom stereocenters. The lowest BCUT2D eigenvalue weighted by Gasteiger charge is -2.32. The van der Waals surface area contributed by atoms with Crippen molar-refractivity contribution >= 4 is 22.6 Å². The minimum atomic E-state index is -0.993. The van der Waals surface area contributed by atoms with E-state index in [1.165, 1.54) is 6.26 Å². The molecule has 0 spiro atoms. The van der Waals surface area contributed by atoms with E-state index in [4.69, 9.17) is 8.83 Å². The van der Waals surface area contributed by atoms with Crippen LogP contribution in [0.5, 0.6) is 0 Å². The molecule has 178 valence electrons. The Balaban J connectivity index is 1.75. The van der Waals surface area contributed by atoms with Crippen LogP contribution in [0.4, 0.5) is 0 Å². The molecule has 2 radical (unpaired) electrons. The van der Waals surface area contributed by atoms with Gasteiger partial charge in [0.05, 0.1) is 11.6 Å². The van der Waals surface area contributed by atoms with Crippen LogP contribution in [0.15, 0.2) is 21.2 Å². The Morgan fingerprint density at radius 3 is 1.62 bits per heavy atom. The second kappa shape index (κ2) is 6.95. The minimum absolute atomic E-state index is 0.0659. The Hall–Kier alpha value is -3.60. The van der Waals surface area contributed by atoms with E-state index in [0.717, 1.165) is 0 Å². The SMILES string of the molecule is CC1(C)N([O])C(C#Cc2oc(C#CC3=[N+]([O-])C(C)(C)C(C)(C)N3[O])c3occc23)=[N+]([O-])C1(C)C. The van der Waals surface area contributed by atoms with Crippen LogP contribution in [0.25, 0.3) is 11.0 Å². The number of rotatable bonds is 0. The lowest BCUT2D eigenvalue weighted by atomic mass is 9.84. The van der Waals surface area contributed by atoms with E-state index < -0.39 is 22.2 Å². The zero-order chi connectivity index (χ0) is 25.4. The Labute approximate surface area is 197 Å². The maximum atomic E-state index is 12.7. The van der Waals surface area contributed by atoms with Crippen LogP contribution in [0.3, 0.4) is 0 Å². The molecule has 0 aromatic carbocycles. The average Bonchev–Trinajstić information content (AvgIpc) is 3.41. The first-order valence-electron chi connectivity index (χ1n) is 10.7. The summed E-state index contributed by atoms with van der Waals surface area (Å²) in [5, 5.41) is 52.5. The first-order valence-corrected chi connectivity index (χ1v) is 10.7. The second-order valence-corrected chi connectivity index (χ2v) is 10.5. The number of amidine groups is 2. The zero-order valence-corrected chi connectivity index (χ0v) is 20.4. The summed E-state index contributed by atoms with van der Waals surface area (Å²) in [5.74, 6) is 10.4. The molecule has 2 aliphatic heterocycles. The van der Waals surface area contributed by atoms with E-state index >= 15 is 0 Å². The van der Waals surface area contributed by atoms with Crippen molar-refractivity contribution in [2.75, 3.05) is 0 Å². The van der Waals surface area contributed by atoms with Crippen molar-refractivity contribution in [2.45, 2.75) is 77.5 Å². The molecule has 0 atom stereocenters. The lowest BCUT2D eigenvalue weighted by Crippen LogP contribution is -2.53. The highest BCUT2D eigenvalue weighted by atomic mass is 16.5. The number of furan rings is 2. The molecular formula is C24H26N4O6. The third-order valence-corrected chi connectivity index (χ3v) is 7.69. The lowest BCUT2D eigenvalue weighted by molar-refractivity contribution is -0.539. The van der Waals surface area contributed by atoms with Crippen molar-refractivity contribution in [2.24, 2.45) is 0 Å². The molecule has 0 saturated carbocycles. The number of hydrogen-bond acceptors (Lipinski definition) is 6. The second-order valence-electron chi connectivity index (χ2n) is 10.5. The van der Waals surface area contributed by atoms with Crippen LogP contribution >= 0.6 is 0 Å². The number of hydroxylamine groups is 6. The molecule has 2 aromatic heterocycles. The van der Waals surface area contributed by atoms with Gasteiger partial charge in [0.2, 0.25) is 5.76 Å². The minimum Gasteiger partial charge on any atom is -0.714 e. The standard InChI is InChI=1S/C24H26N4O6/c1-21(2)22(3,4)26(30)18(25(21)29)11-9-16-15-13-14-33-20(15)17(34-16)10-12-19-27(31)23(5,6)24(7,8)28(19)32/h13-14H,1-8H3. The summed E-state index contributed by atoms with van der Waals surface area (Å²) in [6.07, 6.45) is 1.42. The van der Waals surface area contributed by atoms with Crippen molar-refractivity contribution in [1.82, 2.24) is 10.1 Å². The molecule has 2 aliphatic rings. The van der Waals surface area contributed by atoms with Gasteiger partial charge in [0, 0.05) is 22.3 Å². The van der Waals surface area contributed by atoms with Crippen LogP contribution in [0.1, 0.15) is 66.9 Å². The molecule has 10 heteroatoms. The van der Waals surface area contributed by atoms with Gasteiger partial charge < -0.3 is 19.2 Å². The smallest absolute Gasteiger partial charge is 0.363 e. The molecule has 0 aliphatic carbocycles. The summed E-state index contributed by atoms with van der Waals surface area (Å²) < 4.78 is 12.4. The first kappa shape index (κ1) is 23.6. The molecule has 34 heavy (non-hydrogen) atoms. The maximum Gasteiger partial charge on any atom is 0.363 e. The van der Waals surface area contributed by atoms with Gasteiger partial charge in [-0.1, -0.05) is 10.1 Å². The molecule has 0 bridgehead atoms. The molecule has 4 rings (SSSR count). The van der Waals surface area contributed by atoms with Gasteiger partial charge in [0.15, 0.2) is 22.4 Å². The Kier molecular flexibility index (Phi) is 4.82. The monoisotopic (exact) mass is 466 g/mol. The van der Waals surface area contributed by atoms with Gasteiger partial charge in [-0.2, -0.15) is 0 Å².